The molecule has 1 heterocycles. The van der Waals surface area contributed by atoms with Crippen LogP contribution >= 0.6 is 23.2 Å². The molecule has 0 bridgehead atoms. The zero-order chi connectivity index (χ0) is 18.8. The predicted molar refractivity (Wildman–Crippen MR) is 105 cm³/mol. The fraction of sp³-hybridized carbons (Fsp3) is 0.200. The number of carbonyl (C=O) groups excluding carboxylic acids is 1. The zero-order valence-electron chi connectivity index (χ0n) is 14.1. The predicted octanol–water partition coefficient (Wildman–Crippen LogP) is 4.89. The Morgan fingerprint density at radius 3 is 2.65 bits per heavy atom. The van der Waals surface area contributed by atoms with Gasteiger partial charge in [0.2, 0.25) is 5.91 Å². The summed E-state index contributed by atoms with van der Waals surface area (Å²) in [4.78, 5) is 16.4. The summed E-state index contributed by atoms with van der Waals surface area (Å²) in [6.45, 7) is 1.88. The highest BCUT2D eigenvalue weighted by molar-refractivity contribution is 6.35. The number of halogens is 2. The zero-order valence-corrected chi connectivity index (χ0v) is 15.6. The lowest BCUT2D eigenvalue weighted by Crippen LogP contribution is -2.29. The molecule has 0 spiro atoms. The van der Waals surface area contributed by atoms with Crippen molar-refractivity contribution in [2.45, 2.75) is 19.3 Å². The minimum atomic E-state index is -0.531. The van der Waals surface area contributed by atoms with Crippen LogP contribution < -0.4 is 5.73 Å². The van der Waals surface area contributed by atoms with Crippen LogP contribution in [0.3, 0.4) is 0 Å². The van der Waals surface area contributed by atoms with Crippen LogP contribution in [0.15, 0.2) is 48.7 Å². The molecule has 0 aliphatic heterocycles. The standard InChI is InChI=1S/C20H18Cl2N2O2/c1-2-13(20(23)26)17(11-5-3-6-12(21)9-11)15-10-16(22)14-7-4-8-24-18(14)19(15)25/h3-10,13,17,25H,2H2,1H3,(H2,23,26). The molecule has 0 fully saturated rings. The normalized spacial score (nSPS) is 13.5. The molecule has 0 saturated carbocycles. The molecule has 1 aromatic heterocycles. The third-order valence-electron chi connectivity index (χ3n) is 4.60. The van der Waals surface area contributed by atoms with Crippen molar-refractivity contribution in [1.29, 1.82) is 0 Å². The van der Waals surface area contributed by atoms with E-state index in [-0.39, 0.29) is 5.75 Å². The van der Waals surface area contributed by atoms with Crippen molar-refractivity contribution in [2.75, 3.05) is 0 Å². The molecule has 2 atom stereocenters. The van der Waals surface area contributed by atoms with Gasteiger partial charge in [0.05, 0.1) is 5.02 Å². The number of fused-ring (bicyclic) bond motifs is 1. The van der Waals surface area contributed by atoms with Crippen LogP contribution in [0, 0.1) is 5.92 Å². The molecule has 3 aromatic rings. The number of pyridine rings is 1. The SMILES string of the molecule is CCC(C(N)=O)C(c1cccc(Cl)c1)c1cc(Cl)c2cccnc2c1O. The number of phenolic OH excluding ortho intramolecular Hbond substituents is 1. The number of aromatic nitrogens is 1. The summed E-state index contributed by atoms with van der Waals surface area (Å²) in [6, 6.07) is 12.4. The van der Waals surface area contributed by atoms with Gasteiger partial charge in [0.15, 0.2) is 0 Å². The van der Waals surface area contributed by atoms with Crippen LogP contribution in [0.25, 0.3) is 10.9 Å². The van der Waals surface area contributed by atoms with Crippen LogP contribution in [0.5, 0.6) is 5.75 Å². The summed E-state index contributed by atoms with van der Waals surface area (Å²) in [6.07, 6.45) is 2.09. The van der Waals surface area contributed by atoms with Crippen LogP contribution in [-0.2, 0) is 4.79 Å². The lowest BCUT2D eigenvalue weighted by atomic mass is 9.78. The molecule has 26 heavy (non-hydrogen) atoms. The first-order valence-corrected chi connectivity index (χ1v) is 9.00. The maximum absolute atomic E-state index is 12.1. The number of primary amides is 1. The lowest BCUT2D eigenvalue weighted by Gasteiger charge is -2.26. The van der Waals surface area contributed by atoms with Crippen molar-refractivity contribution < 1.29 is 9.90 Å². The van der Waals surface area contributed by atoms with Crippen molar-refractivity contribution in [3.05, 3.63) is 69.8 Å². The monoisotopic (exact) mass is 388 g/mol. The average molecular weight is 389 g/mol. The summed E-state index contributed by atoms with van der Waals surface area (Å²) in [7, 11) is 0. The Morgan fingerprint density at radius 2 is 2.00 bits per heavy atom. The topological polar surface area (TPSA) is 76.2 Å². The van der Waals surface area contributed by atoms with Gasteiger partial charge in [0.25, 0.3) is 0 Å². The van der Waals surface area contributed by atoms with E-state index in [0.717, 1.165) is 5.56 Å². The maximum atomic E-state index is 12.1. The highest BCUT2D eigenvalue weighted by Crippen LogP contribution is 2.43. The molecule has 0 saturated heterocycles. The van der Waals surface area contributed by atoms with Gasteiger partial charge >= 0.3 is 0 Å². The molecular formula is C20H18Cl2N2O2. The number of nitrogens with two attached hydrogens (primary N) is 1. The maximum Gasteiger partial charge on any atom is 0.221 e. The van der Waals surface area contributed by atoms with E-state index in [2.05, 4.69) is 4.98 Å². The fourth-order valence-corrected chi connectivity index (χ4v) is 3.84. The van der Waals surface area contributed by atoms with Crippen molar-refractivity contribution in [2.24, 2.45) is 11.7 Å². The fourth-order valence-electron chi connectivity index (χ4n) is 3.37. The first-order valence-electron chi connectivity index (χ1n) is 8.24. The van der Waals surface area contributed by atoms with Gasteiger partial charge in [-0.1, -0.05) is 42.3 Å². The van der Waals surface area contributed by atoms with Gasteiger partial charge in [-0.25, -0.2) is 0 Å². The average Bonchev–Trinajstić information content (AvgIpc) is 2.62. The second-order valence-electron chi connectivity index (χ2n) is 6.15. The molecule has 2 unspecified atom stereocenters. The first-order chi connectivity index (χ1) is 12.4. The Morgan fingerprint density at radius 1 is 1.23 bits per heavy atom. The summed E-state index contributed by atoms with van der Waals surface area (Å²) in [5.74, 6) is -1.47. The number of rotatable bonds is 5. The third-order valence-corrected chi connectivity index (χ3v) is 5.14. The molecule has 4 nitrogen and oxygen atoms in total. The Kier molecular flexibility index (Phi) is 5.35. The van der Waals surface area contributed by atoms with Gasteiger partial charge in [-0.2, -0.15) is 0 Å². The number of phenols is 1. The van der Waals surface area contributed by atoms with E-state index in [1.54, 1.807) is 42.6 Å². The first kappa shape index (κ1) is 18.5. The van der Waals surface area contributed by atoms with E-state index in [0.29, 0.717) is 32.9 Å². The molecule has 3 N–H and O–H groups in total. The molecule has 0 aliphatic carbocycles. The summed E-state index contributed by atoms with van der Waals surface area (Å²) in [5.41, 5.74) is 7.34. The molecule has 134 valence electrons. The van der Waals surface area contributed by atoms with E-state index in [4.69, 9.17) is 28.9 Å². The van der Waals surface area contributed by atoms with Crippen molar-refractivity contribution in [3.8, 4) is 5.75 Å². The number of hydrogen-bond acceptors (Lipinski definition) is 3. The molecule has 6 heteroatoms. The quantitative estimate of drug-likeness (QED) is 0.652. The highest BCUT2D eigenvalue weighted by atomic mass is 35.5. The van der Waals surface area contributed by atoms with E-state index in [1.807, 2.05) is 13.0 Å². The largest absolute Gasteiger partial charge is 0.505 e. The smallest absolute Gasteiger partial charge is 0.221 e. The van der Waals surface area contributed by atoms with Gasteiger partial charge < -0.3 is 10.8 Å². The third kappa shape index (κ3) is 3.35. The molecule has 0 aliphatic rings. The van der Waals surface area contributed by atoms with E-state index in [9.17, 15) is 9.90 Å². The summed E-state index contributed by atoms with van der Waals surface area (Å²) < 4.78 is 0. The number of aromatic hydroxyl groups is 1. The van der Waals surface area contributed by atoms with Gasteiger partial charge in [-0.15, -0.1) is 0 Å². The van der Waals surface area contributed by atoms with Crippen LogP contribution in [-0.4, -0.2) is 16.0 Å². The number of hydrogen-bond donors (Lipinski definition) is 2. The Hall–Kier alpha value is -2.30. The lowest BCUT2D eigenvalue weighted by molar-refractivity contribution is -0.122. The Balaban J connectivity index is 2.30. The second-order valence-corrected chi connectivity index (χ2v) is 6.99. The van der Waals surface area contributed by atoms with Crippen LogP contribution in [0.1, 0.15) is 30.4 Å². The van der Waals surface area contributed by atoms with E-state index in [1.165, 1.54) is 0 Å². The van der Waals surface area contributed by atoms with Gasteiger partial charge in [0.1, 0.15) is 11.3 Å². The molecule has 2 aromatic carbocycles. The molecule has 3 rings (SSSR count). The number of carbonyl (C=O) groups is 1. The minimum Gasteiger partial charge on any atom is -0.505 e. The molecule has 0 radical (unpaired) electrons. The Bertz CT molecular complexity index is 975. The number of benzene rings is 2. The van der Waals surface area contributed by atoms with E-state index < -0.39 is 17.7 Å². The van der Waals surface area contributed by atoms with Gasteiger partial charge in [-0.05, 0) is 42.3 Å². The van der Waals surface area contributed by atoms with Crippen molar-refractivity contribution >= 4 is 40.0 Å². The van der Waals surface area contributed by atoms with Gasteiger partial charge in [0, 0.05) is 34.0 Å². The van der Waals surface area contributed by atoms with Gasteiger partial charge in [-0.3, -0.25) is 9.78 Å². The summed E-state index contributed by atoms with van der Waals surface area (Å²) in [5, 5.41) is 12.5. The summed E-state index contributed by atoms with van der Waals surface area (Å²) >= 11 is 12.6. The second kappa shape index (κ2) is 7.52. The minimum absolute atomic E-state index is 0.00493. The van der Waals surface area contributed by atoms with Crippen molar-refractivity contribution in [1.82, 2.24) is 4.98 Å². The Labute approximate surface area is 161 Å². The molecular weight excluding hydrogens is 371 g/mol. The van der Waals surface area contributed by atoms with Crippen LogP contribution in [0.4, 0.5) is 0 Å². The number of nitrogens with zero attached hydrogens (tertiary/aromatic N) is 1. The van der Waals surface area contributed by atoms with Crippen LogP contribution in [0.2, 0.25) is 10.0 Å². The highest BCUT2D eigenvalue weighted by Gasteiger charge is 2.31. The van der Waals surface area contributed by atoms with E-state index >= 15 is 0 Å². The number of amides is 1. The molecule has 1 amide bonds. The van der Waals surface area contributed by atoms with Crippen molar-refractivity contribution in [3.63, 3.8) is 0 Å².